The number of aromatic nitrogens is 2. The molecule has 0 saturated carbocycles. The standard InChI is InChI=1S/C21H14N4.C15H12N2.Ir/c1-3-9-16(10-4-1)24-15-25(17-11-5-2-6-12-17)21-20(24)22-18-13-7-8-14-19(18)23-21;1-3-7-14(8-4-1)16-11-12-17(13-16)15-9-5-2-6-10-15;/h1-11,13-15H;1-9,11-13H;/q2*-2;. The molecule has 0 saturated heterocycles. The molecule has 5 aromatic carbocycles. The van der Waals surface area contributed by atoms with E-state index >= 15 is 0 Å². The number of rotatable bonds is 4. The van der Waals surface area contributed by atoms with Crippen molar-refractivity contribution in [1.82, 2.24) is 9.97 Å². The first kappa shape index (κ1) is 28.2. The molecular weight excluding hydrogens is 709 g/mol. The van der Waals surface area contributed by atoms with Gasteiger partial charge in [-0.15, -0.1) is 24.7 Å². The number of hydrogen-bond acceptors (Lipinski definition) is 6. The molecule has 3 heterocycles. The first-order chi connectivity index (χ1) is 20.8. The molecule has 0 spiro atoms. The molecular formula is C36H26IrN6-4. The summed E-state index contributed by atoms with van der Waals surface area (Å²) in [4.78, 5) is 18.0. The summed E-state index contributed by atoms with van der Waals surface area (Å²) < 4.78 is 0. The Balaban J connectivity index is 0.000000161. The number of anilines is 6. The van der Waals surface area contributed by atoms with Gasteiger partial charge in [-0.2, -0.15) is 60.7 Å². The predicted octanol–water partition coefficient (Wildman–Crippen LogP) is 8.24. The molecule has 43 heavy (non-hydrogen) atoms. The van der Waals surface area contributed by atoms with Gasteiger partial charge in [-0.25, -0.2) is 9.97 Å². The van der Waals surface area contributed by atoms with Crippen LogP contribution in [0.4, 0.5) is 34.4 Å². The van der Waals surface area contributed by atoms with Crippen LogP contribution in [0.2, 0.25) is 0 Å². The zero-order valence-corrected chi connectivity index (χ0v) is 25.4. The Kier molecular flexibility index (Phi) is 8.45. The van der Waals surface area contributed by atoms with Crippen LogP contribution in [-0.2, 0) is 20.1 Å². The average molecular weight is 735 g/mol. The van der Waals surface area contributed by atoms with E-state index in [4.69, 9.17) is 9.97 Å². The van der Waals surface area contributed by atoms with E-state index in [-0.39, 0.29) is 20.1 Å². The second-order valence-electron chi connectivity index (χ2n) is 9.61. The van der Waals surface area contributed by atoms with Gasteiger partial charge in [0, 0.05) is 31.5 Å². The first-order valence-electron chi connectivity index (χ1n) is 13.7. The molecule has 0 aliphatic carbocycles. The van der Waals surface area contributed by atoms with E-state index in [9.17, 15) is 0 Å². The second-order valence-corrected chi connectivity index (χ2v) is 9.61. The van der Waals surface area contributed by atoms with E-state index in [1.807, 2.05) is 145 Å². The van der Waals surface area contributed by atoms with Crippen LogP contribution >= 0.6 is 0 Å². The Bertz CT molecular complexity index is 1670. The summed E-state index contributed by atoms with van der Waals surface area (Å²) in [6.07, 6.45) is 4.06. The largest absolute Gasteiger partial charge is 0.500 e. The molecule has 0 fully saturated rings. The van der Waals surface area contributed by atoms with Crippen molar-refractivity contribution in [2.24, 2.45) is 0 Å². The predicted molar refractivity (Wildman–Crippen MR) is 170 cm³/mol. The zero-order chi connectivity index (χ0) is 28.1. The molecule has 6 nitrogen and oxygen atoms in total. The normalized spacial score (nSPS) is 13.4. The van der Waals surface area contributed by atoms with Crippen LogP contribution in [0.3, 0.4) is 0 Å². The maximum Gasteiger partial charge on any atom is 0.146 e. The molecule has 0 amide bonds. The Morgan fingerprint density at radius 1 is 0.465 bits per heavy atom. The van der Waals surface area contributed by atoms with Crippen LogP contribution in [0.5, 0.6) is 0 Å². The van der Waals surface area contributed by atoms with Crippen LogP contribution < -0.4 is 19.6 Å². The topological polar surface area (TPSA) is 38.7 Å². The monoisotopic (exact) mass is 735 g/mol. The van der Waals surface area contributed by atoms with Gasteiger partial charge in [0.1, 0.15) is 11.6 Å². The maximum absolute atomic E-state index is 4.87. The minimum atomic E-state index is 0. The van der Waals surface area contributed by atoms with Gasteiger partial charge in [0.2, 0.25) is 0 Å². The Morgan fingerprint density at radius 3 is 1.58 bits per heavy atom. The molecule has 1 radical (unpaired) electrons. The van der Waals surface area contributed by atoms with Gasteiger partial charge in [0.25, 0.3) is 0 Å². The van der Waals surface area contributed by atoms with Crippen molar-refractivity contribution in [3.05, 3.63) is 171 Å². The van der Waals surface area contributed by atoms with Gasteiger partial charge >= 0.3 is 0 Å². The summed E-state index contributed by atoms with van der Waals surface area (Å²) in [7, 11) is 0. The minimum absolute atomic E-state index is 0. The fraction of sp³-hybridized carbons (Fsp3) is 0. The van der Waals surface area contributed by atoms with E-state index in [1.165, 1.54) is 0 Å². The van der Waals surface area contributed by atoms with Crippen molar-refractivity contribution in [2.75, 3.05) is 19.6 Å². The van der Waals surface area contributed by atoms with Gasteiger partial charge in [-0.1, -0.05) is 48.5 Å². The zero-order valence-electron chi connectivity index (χ0n) is 23.0. The van der Waals surface area contributed by atoms with Crippen molar-refractivity contribution in [1.29, 1.82) is 0 Å². The SMILES string of the molecule is [Ir].[c-]1ccccc1N1C=CN(c2ccccc2)[CH-]1.[c-]1ccccc1N1[CH-]N(c2ccccc2)c2nc3ccccc3nc21. The Morgan fingerprint density at radius 2 is 0.977 bits per heavy atom. The molecule has 7 heteroatoms. The Labute approximate surface area is 265 Å². The second kappa shape index (κ2) is 12.9. The fourth-order valence-electron chi connectivity index (χ4n) is 4.81. The molecule has 2 aliphatic heterocycles. The molecule has 0 N–H and O–H groups in total. The van der Waals surface area contributed by atoms with E-state index in [2.05, 4.69) is 46.2 Å². The van der Waals surface area contributed by atoms with Crippen molar-refractivity contribution in [3.63, 3.8) is 0 Å². The molecule has 213 valence electrons. The molecule has 0 atom stereocenters. The van der Waals surface area contributed by atoms with Gasteiger partial charge in [-0.05, 0) is 48.8 Å². The smallest absolute Gasteiger partial charge is 0.146 e. The number of nitrogens with zero attached hydrogens (tertiary/aromatic N) is 6. The van der Waals surface area contributed by atoms with Crippen molar-refractivity contribution in [2.45, 2.75) is 0 Å². The quantitative estimate of drug-likeness (QED) is 0.170. The van der Waals surface area contributed by atoms with E-state index in [0.29, 0.717) is 0 Å². The summed E-state index contributed by atoms with van der Waals surface area (Å²) in [5.74, 6) is 1.63. The number of para-hydroxylation sites is 6. The first-order valence-corrected chi connectivity index (χ1v) is 13.7. The average Bonchev–Trinajstić information content (AvgIpc) is 3.72. The third-order valence-electron chi connectivity index (χ3n) is 6.87. The fourth-order valence-corrected chi connectivity index (χ4v) is 4.81. The van der Waals surface area contributed by atoms with Crippen molar-refractivity contribution >= 4 is 45.4 Å². The van der Waals surface area contributed by atoms with Crippen molar-refractivity contribution in [3.8, 4) is 0 Å². The van der Waals surface area contributed by atoms with E-state index in [1.54, 1.807) is 0 Å². The van der Waals surface area contributed by atoms with Crippen LogP contribution in [0, 0.1) is 25.5 Å². The number of benzene rings is 5. The minimum Gasteiger partial charge on any atom is -0.500 e. The summed E-state index contributed by atoms with van der Waals surface area (Å²) in [6, 6.07) is 50.7. The maximum atomic E-state index is 4.87. The van der Waals surface area contributed by atoms with Crippen LogP contribution in [-0.4, -0.2) is 9.97 Å². The van der Waals surface area contributed by atoms with Gasteiger partial charge in [0.05, 0.1) is 11.0 Å². The van der Waals surface area contributed by atoms with Crippen LogP contribution in [0.15, 0.2) is 146 Å². The molecule has 0 bridgehead atoms. The van der Waals surface area contributed by atoms with E-state index in [0.717, 1.165) is 45.4 Å². The summed E-state index contributed by atoms with van der Waals surface area (Å²) in [5, 5.41) is 0. The summed E-state index contributed by atoms with van der Waals surface area (Å²) in [6.45, 7) is 4.06. The summed E-state index contributed by atoms with van der Waals surface area (Å²) >= 11 is 0. The third kappa shape index (κ3) is 6.00. The van der Waals surface area contributed by atoms with Crippen molar-refractivity contribution < 1.29 is 20.1 Å². The molecule has 8 rings (SSSR count). The number of fused-ring (bicyclic) bond motifs is 2. The molecule has 1 aromatic heterocycles. The molecule has 0 unspecified atom stereocenters. The van der Waals surface area contributed by atoms with Crippen LogP contribution in [0.1, 0.15) is 0 Å². The molecule has 6 aromatic rings. The number of hydrogen-bond donors (Lipinski definition) is 0. The van der Waals surface area contributed by atoms with Gasteiger partial charge < -0.3 is 19.6 Å². The third-order valence-corrected chi connectivity index (χ3v) is 6.87. The molecule has 2 aliphatic rings. The Hall–Kier alpha value is -4.97. The van der Waals surface area contributed by atoms with Crippen LogP contribution in [0.25, 0.3) is 11.0 Å². The van der Waals surface area contributed by atoms with Gasteiger partial charge in [0.15, 0.2) is 0 Å². The summed E-state index contributed by atoms with van der Waals surface area (Å²) in [5.41, 5.74) is 5.95. The van der Waals surface area contributed by atoms with E-state index < -0.39 is 0 Å². The van der Waals surface area contributed by atoms with Gasteiger partial charge in [-0.3, -0.25) is 0 Å².